The molecule has 7 heteroatoms. The molecule has 1 aliphatic heterocycles. The van der Waals surface area contributed by atoms with Gasteiger partial charge in [0.2, 0.25) is 17.6 Å². The molecular weight excluding hydrogens is 324 g/mol. The van der Waals surface area contributed by atoms with E-state index in [4.69, 9.17) is 14.2 Å². The van der Waals surface area contributed by atoms with E-state index in [2.05, 4.69) is 10.6 Å². The number of carbonyl (C=O) groups is 2. The molecule has 0 saturated carbocycles. The first kappa shape index (κ1) is 18.6. The van der Waals surface area contributed by atoms with Crippen LogP contribution in [0.3, 0.4) is 0 Å². The molecule has 0 fully saturated rings. The molecule has 136 valence electrons. The number of hydrogen-bond donors (Lipinski definition) is 2. The number of nitrogens with one attached hydrogen (secondary N) is 2. The molecule has 0 unspecified atom stereocenters. The van der Waals surface area contributed by atoms with Gasteiger partial charge in [0.05, 0.1) is 7.11 Å². The van der Waals surface area contributed by atoms with E-state index in [1.54, 1.807) is 32.2 Å². The summed E-state index contributed by atoms with van der Waals surface area (Å²) in [6.45, 7) is 5.14. The van der Waals surface area contributed by atoms with Crippen LogP contribution < -0.4 is 24.8 Å². The lowest BCUT2D eigenvalue weighted by molar-refractivity contribution is -0.126. The van der Waals surface area contributed by atoms with Crippen LogP contribution in [0, 0.1) is 0 Å². The summed E-state index contributed by atoms with van der Waals surface area (Å²) in [7, 11) is 1.55. The Morgan fingerprint density at radius 1 is 1.32 bits per heavy atom. The molecule has 1 aromatic rings. The van der Waals surface area contributed by atoms with Gasteiger partial charge in [0, 0.05) is 12.6 Å². The van der Waals surface area contributed by atoms with E-state index in [1.165, 1.54) is 6.08 Å². The van der Waals surface area contributed by atoms with Crippen molar-refractivity contribution in [2.45, 2.75) is 26.3 Å². The summed E-state index contributed by atoms with van der Waals surface area (Å²) < 4.78 is 16.4. The Labute approximate surface area is 147 Å². The van der Waals surface area contributed by atoms with Gasteiger partial charge in [0.25, 0.3) is 0 Å². The van der Waals surface area contributed by atoms with E-state index in [9.17, 15) is 9.59 Å². The second-order valence-electron chi connectivity index (χ2n) is 5.60. The molecule has 1 aliphatic rings. The van der Waals surface area contributed by atoms with Crippen molar-refractivity contribution < 1.29 is 23.8 Å². The van der Waals surface area contributed by atoms with Crippen LogP contribution in [0.1, 0.15) is 25.8 Å². The fourth-order valence-electron chi connectivity index (χ4n) is 2.29. The van der Waals surface area contributed by atoms with Crippen LogP contribution >= 0.6 is 0 Å². The highest BCUT2D eigenvalue weighted by atomic mass is 16.6. The summed E-state index contributed by atoms with van der Waals surface area (Å²) in [5, 5.41) is 5.36. The third-order valence-corrected chi connectivity index (χ3v) is 3.58. The smallest absolute Gasteiger partial charge is 0.244 e. The van der Waals surface area contributed by atoms with Gasteiger partial charge in [-0.25, -0.2) is 0 Å². The maximum absolute atomic E-state index is 12.0. The Kier molecular flexibility index (Phi) is 6.68. The summed E-state index contributed by atoms with van der Waals surface area (Å²) in [5.74, 6) is 1.14. The van der Waals surface area contributed by atoms with Crippen molar-refractivity contribution in [3.05, 3.63) is 23.8 Å². The fourth-order valence-corrected chi connectivity index (χ4v) is 2.29. The number of amides is 2. The molecule has 25 heavy (non-hydrogen) atoms. The van der Waals surface area contributed by atoms with Gasteiger partial charge < -0.3 is 24.8 Å². The Morgan fingerprint density at radius 2 is 2.08 bits per heavy atom. The molecule has 0 spiro atoms. The Hall–Kier alpha value is -2.70. The molecule has 7 nitrogen and oxygen atoms in total. The van der Waals surface area contributed by atoms with Crippen LogP contribution in [0.25, 0.3) is 6.08 Å². The van der Waals surface area contributed by atoms with Crippen molar-refractivity contribution >= 4 is 17.9 Å². The minimum Gasteiger partial charge on any atom is -0.493 e. The maximum atomic E-state index is 12.0. The Morgan fingerprint density at radius 3 is 2.80 bits per heavy atom. The summed E-state index contributed by atoms with van der Waals surface area (Å²) in [4.78, 5) is 23.7. The predicted molar refractivity (Wildman–Crippen MR) is 93.9 cm³/mol. The second kappa shape index (κ2) is 8.96. The zero-order chi connectivity index (χ0) is 18.2. The maximum Gasteiger partial charge on any atom is 0.244 e. The lowest BCUT2D eigenvalue weighted by Crippen LogP contribution is -2.44. The number of fused-ring (bicyclic) bond motifs is 1. The zero-order valence-electron chi connectivity index (χ0n) is 14.8. The zero-order valence-corrected chi connectivity index (χ0v) is 14.8. The summed E-state index contributed by atoms with van der Waals surface area (Å²) in [5.41, 5.74) is 0.735. The normalized spacial score (nSPS) is 14.0. The van der Waals surface area contributed by atoms with Crippen molar-refractivity contribution in [1.29, 1.82) is 0 Å². The molecule has 0 aromatic heterocycles. The van der Waals surface area contributed by atoms with Crippen LogP contribution in [-0.4, -0.2) is 44.7 Å². The average Bonchev–Trinajstić information content (AvgIpc) is 2.63. The van der Waals surface area contributed by atoms with E-state index < -0.39 is 6.04 Å². The summed E-state index contributed by atoms with van der Waals surface area (Å²) >= 11 is 0. The number of ether oxygens (including phenoxy) is 3. The molecule has 0 radical (unpaired) electrons. The highest BCUT2D eigenvalue weighted by Crippen LogP contribution is 2.40. The van der Waals surface area contributed by atoms with Gasteiger partial charge in [-0.2, -0.15) is 0 Å². The molecule has 2 N–H and O–H groups in total. The molecule has 0 saturated heterocycles. The van der Waals surface area contributed by atoms with Crippen molar-refractivity contribution in [1.82, 2.24) is 10.6 Å². The fraction of sp³-hybridized carbons (Fsp3) is 0.444. The van der Waals surface area contributed by atoms with Crippen LogP contribution in [0.4, 0.5) is 0 Å². The van der Waals surface area contributed by atoms with Crippen LogP contribution in [0.2, 0.25) is 0 Å². The average molecular weight is 348 g/mol. The highest BCUT2D eigenvalue weighted by molar-refractivity contribution is 5.95. The van der Waals surface area contributed by atoms with E-state index in [0.717, 1.165) is 12.0 Å². The number of methoxy groups -OCH3 is 1. The molecule has 0 aliphatic carbocycles. The van der Waals surface area contributed by atoms with E-state index in [-0.39, 0.29) is 11.8 Å². The first-order valence-corrected chi connectivity index (χ1v) is 8.29. The van der Waals surface area contributed by atoms with Gasteiger partial charge in [-0.3, -0.25) is 9.59 Å². The van der Waals surface area contributed by atoms with E-state index in [0.29, 0.717) is 37.0 Å². The molecule has 0 bridgehead atoms. The Balaban J connectivity index is 2.01. The minimum atomic E-state index is -0.599. The molecule has 2 rings (SSSR count). The van der Waals surface area contributed by atoms with Gasteiger partial charge >= 0.3 is 0 Å². The second-order valence-corrected chi connectivity index (χ2v) is 5.60. The van der Waals surface area contributed by atoms with Crippen LogP contribution in [-0.2, 0) is 9.59 Å². The lowest BCUT2D eigenvalue weighted by atomic mass is 10.1. The highest BCUT2D eigenvalue weighted by Gasteiger charge is 2.18. The number of rotatable bonds is 7. The number of benzene rings is 1. The van der Waals surface area contributed by atoms with E-state index >= 15 is 0 Å². The van der Waals surface area contributed by atoms with Gasteiger partial charge in [0.15, 0.2) is 11.5 Å². The van der Waals surface area contributed by atoms with Gasteiger partial charge in [-0.1, -0.05) is 6.92 Å². The quantitative estimate of drug-likeness (QED) is 0.730. The third-order valence-electron chi connectivity index (χ3n) is 3.58. The molecule has 1 heterocycles. The summed E-state index contributed by atoms with van der Waals surface area (Å²) in [6.07, 6.45) is 3.85. The van der Waals surface area contributed by atoms with Crippen LogP contribution in [0.5, 0.6) is 17.2 Å². The topological polar surface area (TPSA) is 85.9 Å². The first-order valence-electron chi connectivity index (χ1n) is 8.29. The Bertz CT molecular complexity index is 640. The minimum absolute atomic E-state index is 0.204. The molecule has 1 aromatic carbocycles. The number of carbonyl (C=O) groups excluding carboxylic acids is 2. The van der Waals surface area contributed by atoms with Crippen molar-refractivity contribution in [2.24, 2.45) is 0 Å². The van der Waals surface area contributed by atoms with Crippen molar-refractivity contribution in [2.75, 3.05) is 26.9 Å². The summed E-state index contributed by atoms with van der Waals surface area (Å²) in [6, 6.07) is 2.94. The van der Waals surface area contributed by atoms with Gasteiger partial charge in [-0.15, -0.1) is 0 Å². The predicted octanol–water partition coefficient (Wildman–Crippen LogP) is 1.51. The molecular formula is C18H24N2O5. The number of hydrogen-bond acceptors (Lipinski definition) is 5. The first-order chi connectivity index (χ1) is 12.0. The van der Waals surface area contributed by atoms with Crippen molar-refractivity contribution in [3.63, 3.8) is 0 Å². The molecule has 1 atom stereocenters. The van der Waals surface area contributed by atoms with E-state index in [1.807, 2.05) is 6.92 Å². The van der Waals surface area contributed by atoms with Gasteiger partial charge in [0.1, 0.15) is 19.3 Å². The molecule has 2 amide bonds. The third kappa shape index (κ3) is 5.14. The SMILES string of the molecule is CCCNC(=O)[C@@H](C)NC(=O)/C=C/c1cc(OC)c2c(c1)OCCO2. The standard InChI is InChI=1S/C18H24N2O5/c1-4-7-19-18(22)12(2)20-16(21)6-5-13-10-14(23-3)17-15(11-13)24-8-9-25-17/h5-6,10-12H,4,7-9H2,1-3H3,(H,19,22)(H,20,21)/b6-5+/t12-/m1/s1. The van der Waals surface area contributed by atoms with Gasteiger partial charge in [-0.05, 0) is 37.1 Å². The largest absolute Gasteiger partial charge is 0.493 e. The van der Waals surface area contributed by atoms with Crippen LogP contribution in [0.15, 0.2) is 18.2 Å². The lowest BCUT2D eigenvalue weighted by Gasteiger charge is -2.20. The van der Waals surface area contributed by atoms with Crippen molar-refractivity contribution in [3.8, 4) is 17.2 Å². The monoisotopic (exact) mass is 348 g/mol.